The molecule has 2 amide bonds. The topological polar surface area (TPSA) is 92.3 Å². The highest BCUT2D eigenvalue weighted by Gasteiger charge is 2.29. The van der Waals surface area contributed by atoms with E-state index in [0.29, 0.717) is 24.8 Å². The van der Waals surface area contributed by atoms with Crippen molar-refractivity contribution in [2.24, 2.45) is 0 Å². The van der Waals surface area contributed by atoms with Gasteiger partial charge in [-0.3, -0.25) is 9.59 Å². The molecule has 1 fully saturated rings. The largest absolute Gasteiger partial charge is 0.348 e. The number of anilines is 1. The minimum atomic E-state index is -3.01. The molecule has 7 heteroatoms. The van der Waals surface area contributed by atoms with Crippen LogP contribution in [0.25, 0.3) is 0 Å². The predicted molar refractivity (Wildman–Crippen MR) is 77.9 cm³/mol. The lowest BCUT2D eigenvalue weighted by atomic mass is 10.00. The number of carbonyl (C=O) groups is 2. The predicted octanol–water partition coefficient (Wildman–Crippen LogP) is 0.488. The normalized spacial score (nSPS) is 23.2. The van der Waals surface area contributed by atoms with Crippen molar-refractivity contribution in [1.82, 2.24) is 5.32 Å². The van der Waals surface area contributed by atoms with Gasteiger partial charge in [0.15, 0.2) is 9.84 Å². The van der Waals surface area contributed by atoms with Gasteiger partial charge in [-0.15, -0.1) is 0 Å². The Morgan fingerprint density at radius 3 is 2.81 bits per heavy atom. The van der Waals surface area contributed by atoms with E-state index in [1.807, 2.05) is 0 Å². The number of fused-ring (bicyclic) bond motifs is 1. The van der Waals surface area contributed by atoms with E-state index in [4.69, 9.17) is 0 Å². The average molecular weight is 308 g/mol. The van der Waals surface area contributed by atoms with Crippen LogP contribution in [0.3, 0.4) is 0 Å². The maximum Gasteiger partial charge on any atom is 0.251 e. The summed E-state index contributed by atoms with van der Waals surface area (Å²) < 4.78 is 22.8. The van der Waals surface area contributed by atoms with Gasteiger partial charge in [-0.1, -0.05) is 0 Å². The Morgan fingerprint density at radius 2 is 2.10 bits per heavy atom. The summed E-state index contributed by atoms with van der Waals surface area (Å²) in [6.45, 7) is 0. The van der Waals surface area contributed by atoms with Crippen LogP contribution in [0.15, 0.2) is 18.2 Å². The lowest BCUT2D eigenvalue weighted by Gasteiger charge is -2.18. The van der Waals surface area contributed by atoms with Gasteiger partial charge in [0.25, 0.3) is 5.91 Å². The van der Waals surface area contributed by atoms with Crippen LogP contribution in [-0.2, 0) is 21.1 Å². The van der Waals surface area contributed by atoms with Crippen LogP contribution >= 0.6 is 0 Å². The second kappa shape index (κ2) is 5.14. The molecule has 0 bridgehead atoms. The molecule has 1 aromatic carbocycles. The molecular weight excluding hydrogens is 292 g/mol. The van der Waals surface area contributed by atoms with E-state index in [1.165, 1.54) is 0 Å². The molecule has 1 atom stereocenters. The van der Waals surface area contributed by atoms with E-state index in [0.717, 1.165) is 11.3 Å². The first kappa shape index (κ1) is 14.1. The molecule has 21 heavy (non-hydrogen) atoms. The van der Waals surface area contributed by atoms with Crippen molar-refractivity contribution >= 4 is 27.3 Å². The molecule has 2 heterocycles. The molecule has 2 aliphatic heterocycles. The monoisotopic (exact) mass is 308 g/mol. The Kier molecular flexibility index (Phi) is 3.44. The molecule has 0 aliphatic carbocycles. The molecule has 6 nitrogen and oxygen atoms in total. The van der Waals surface area contributed by atoms with Crippen molar-refractivity contribution in [2.75, 3.05) is 16.8 Å². The van der Waals surface area contributed by atoms with Gasteiger partial charge in [0.2, 0.25) is 5.91 Å². The van der Waals surface area contributed by atoms with Gasteiger partial charge < -0.3 is 10.6 Å². The summed E-state index contributed by atoms with van der Waals surface area (Å²) in [5.41, 5.74) is 2.17. The number of hydrogen-bond acceptors (Lipinski definition) is 4. The van der Waals surface area contributed by atoms with Crippen LogP contribution in [-0.4, -0.2) is 37.8 Å². The Labute approximate surface area is 122 Å². The van der Waals surface area contributed by atoms with Gasteiger partial charge in [-0.25, -0.2) is 8.42 Å². The summed E-state index contributed by atoms with van der Waals surface area (Å²) in [6, 6.07) is 4.81. The minimum Gasteiger partial charge on any atom is -0.348 e. The Balaban J connectivity index is 1.72. The molecule has 0 unspecified atom stereocenters. The number of aryl methyl sites for hydroxylation is 1. The van der Waals surface area contributed by atoms with Crippen LogP contribution in [0.4, 0.5) is 5.69 Å². The van der Waals surface area contributed by atoms with Gasteiger partial charge in [-0.2, -0.15) is 0 Å². The molecule has 1 saturated heterocycles. The number of carbonyl (C=O) groups excluding carboxylic acids is 2. The van der Waals surface area contributed by atoms with Crippen LogP contribution in [0.5, 0.6) is 0 Å². The third-order valence-electron chi connectivity index (χ3n) is 3.83. The molecule has 0 radical (unpaired) electrons. The third-order valence-corrected chi connectivity index (χ3v) is 5.60. The van der Waals surface area contributed by atoms with E-state index >= 15 is 0 Å². The highest BCUT2D eigenvalue weighted by atomic mass is 32.2. The molecule has 0 saturated carbocycles. The van der Waals surface area contributed by atoms with Gasteiger partial charge in [0.1, 0.15) is 0 Å². The maximum absolute atomic E-state index is 12.2. The zero-order valence-corrected chi connectivity index (χ0v) is 12.2. The summed E-state index contributed by atoms with van der Waals surface area (Å²) in [5.74, 6) is -0.138. The van der Waals surface area contributed by atoms with Crippen molar-refractivity contribution < 1.29 is 18.0 Å². The summed E-state index contributed by atoms with van der Waals surface area (Å²) in [5, 5.41) is 5.52. The fraction of sp³-hybridized carbons (Fsp3) is 0.429. The van der Waals surface area contributed by atoms with Crippen LogP contribution in [0.1, 0.15) is 28.8 Å². The van der Waals surface area contributed by atoms with Gasteiger partial charge in [0, 0.05) is 23.7 Å². The fourth-order valence-electron chi connectivity index (χ4n) is 2.70. The molecular formula is C14H16N2O4S. The summed E-state index contributed by atoms with van der Waals surface area (Å²) in [4.78, 5) is 23.5. The van der Waals surface area contributed by atoms with Crippen molar-refractivity contribution in [3.05, 3.63) is 29.3 Å². The maximum atomic E-state index is 12.2. The third kappa shape index (κ3) is 3.07. The number of benzene rings is 1. The quantitative estimate of drug-likeness (QED) is 0.831. The van der Waals surface area contributed by atoms with E-state index in [2.05, 4.69) is 10.6 Å². The summed E-state index contributed by atoms with van der Waals surface area (Å²) in [7, 11) is -3.01. The number of amides is 2. The first-order chi connectivity index (χ1) is 9.93. The zero-order chi connectivity index (χ0) is 15.0. The lowest BCUT2D eigenvalue weighted by Crippen LogP contribution is -2.35. The smallest absolute Gasteiger partial charge is 0.251 e. The SMILES string of the molecule is O=C1CCc2cc(C(=O)N[C@H]3CCS(=O)(=O)C3)ccc2N1. The Morgan fingerprint density at radius 1 is 1.29 bits per heavy atom. The number of hydrogen-bond donors (Lipinski definition) is 2. The second-order valence-electron chi connectivity index (χ2n) is 5.49. The van der Waals surface area contributed by atoms with Gasteiger partial charge in [-0.05, 0) is 36.6 Å². The Hall–Kier alpha value is -1.89. The first-order valence-corrected chi connectivity index (χ1v) is 8.69. The molecule has 0 spiro atoms. The lowest BCUT2D eigenvalue weighted by molar-refractivity contribution is -0.116. The summed E-state index contributed by atoms with van der Waals surface area (Å²) >= 11 is 0. The number of rotatable bonds is 2. The highest BCUT2D eigenvalue weighted by Crippen LogP contribution is 2.23. The number of nitrogens with one attached hydrogen (secondary N) is 2. The van der Waals surface area contributed by atoms with Crippen LogP contribution in [0.2, 0.25) is 0 Å². The molecule has 2 N–H and O–H groups in total. The van der Waals surface area contributed by atoms with E-state index < -0.39 is 9.84 Å². The van der Waals surface area contributed by atoms with E-state index in [9.17, 15) is 18.0 Å². The van der Waals surface area contributed by atoms with Crippen molar-refractivity contribution in [2.45, 2.75) is 25.3 Å². The zero-order valence-electron chi connectivity index (χ0n) is 11.4. The van der Waals surface area contributed by atoms with Gasteiger partial charge >= 0.3 is 0 Å². The first-order valence-electron chi connectivity index (χ1n) is 6.87. The molecule has 2 aliphatic rings. The Bertz CT molecular complexity index is 712. The van der Waals surface area contributed by atoms with E-state index in [-0.39, 0.29) is 29.4 Å². The molecule has 0 aromatic heterocycles. The molecule has 3 rings (SSSR count). The molecule has 112 valence electrons. The van der Waals surface area contributed by atoms with Crippen molar-refractivity contribution in [1.29, 1.82) is 0 Å². The van der Waals surface area contributed by atoms with Crippen molar-refractivity contribution in [3.8, 4) is 0 Å². The fourth-order valence-corrected chi connectivity index (χ4v) is 4.38. The van der Waals surface area contributed by atoms with Gasteiger partial charge in [0.05, 0.1) is 11.5 Å². The standard InChI is InChI=1S/C14H16N2O4S/c17-13-4-2-9-7-10(1-3-12(9)16-13)14(18)15-11-5-6-21(19,20)8-11/h1,3,7,11H,2,4-6,8H2,(H,15,18)(H,16,17)/t11-/m0/s1. The second-order valence-corrected chi connectivity index (χ2v) is 7.72. The number of sulfone groups is 1. The average Bonchev–Trinajstić information content (AvgIpc) is 2.77. The highest BCUT2D eigenvalue weighted by molar-refractivity contribution is 7.91. The van der Waals surface area contributed by atoms with E-state index in [1.54, 1.807) is 18.2 Å². The summed E-state index contributed by atoms with van der Waals surface area (Å²) in [6.07, 6.45) is 1.49. The van der Waals surface area contributed by atoms with Crippen LogP contribution in [0, 0.1) is 0 Å². The minimum absolute atomic E-state index is 0.0136. The van der Waals surface area contributed by atoms with Crippen molar-refractivity contribution in [3.63, 3.8) is 0 Å². The van der Waals surface area contributed by atoms with Crippen LogP contribution < -0.4 is 10.6 Å². The molecule has 1 aromatic rings.